The predicted octanol–water partition coefficient (Wildman–Crippen LogP) is 2.30. The van der Waals surface area contributed by atoms with Crippen molar-refractivity contribution in [1.82, 2.24) is 19.7 Å². The summed E-state index contributed by atoms with van der Waals surface area (Å²) in [5.41, 5.74) is 3.23. The molecule has 2 N–H and O–H groups in total. The number of aromatic amines is 1. The fraction of sp³-hybridized carbons (Fsp3) is 0.182. The first-order valence-electron chi connectivity index (χ1n) is 5.09. The van der Waals surface area contributed by atoms with Crippen molar-refractivity contribution in [3.63, 3.8) is 0 Å². The van der Waals surface area contributed by atoms with Crippen molar-refractivity contribution >= 4 is 32.7 Å². The predicted molar refractivity (Wildman–Crippen MR) is 67.5 cm³/mol. The normalized spacial score (nSPS) is 11.6. The Balaban J connectivity index is 2.36. The molecule has 0 spiro atoms. The molecule has 3 aromatic rings. The van der Waals surface area contributed by atoms with Gasteiger partial charge in [-0.3, -0.25) is 4.40 Å². The third kappa shape index (κ3) is 1.28. The third-order valence-electron chi connectivity index (χ3n) is 2.62. The second-order valence-electron chi connectivity index (χ2n) is 3.68. The molecule has 16 heavy (non-hydrogen) atoms. The topological polar surface area (TPSA) is 45.1 Å². The van der Waals surface area contributed by atoms with E-state index in [0.717, 1.165) is 33.7 Å². The molecule has 0 unspecified atom stereocenters. The Kier molecular flexibility index (Phi) is 2.22. The smallest absolute Gasteiger partial charge is 0.213 e. The highest BCUT2D eigenvalue weighted by Crippen LogP contribution is 2.24. The van der Waals surface area contributed by atoms with Crippen LogP contribution in [0.15, 0.2) is 28.9 Å². The van der Waals surface area contributed by atoms with Gasteiger partial charge in [-0.25, -0.2) is 4.98 Å². The van der Waals surface area contributed by atoms with E-state index < -0.39 is 0 Å². The highest BCUT2D eigenvalue weighted by Gasteiger charge is 2.12. The summed E-state index contributed by atoms with van der Waals surface area (Å²) >= 11 is 3.60. The van der Waals surface area contributed by atoms with E-state index in [2.05, 4.69) is 41.7 Å². The SMILES string of the molecule is CNCc1[nH]c2nc3ccccc3n2c1Br. The van der Waals surface area contributed by atoms with E-state index in [1.54, 1.807) is 0 Å². The van der Waals surface area contributed by atoms with Crippen LogP contribution in [0.25, 0.3) is 16.8 Å². The molecule has 4 nitrogen and oxygen atoms in total. The minimum Gasteiger partial charge on any atom is -0.325 e. The van der Waals surface area contributed by atoms with Crippen LogP contribution in [0.2, 0.25) is 0 Å². The van der Waals surface area contributed by atoms with Crippen molar-refractivity contribution < 1.29 is 0 Å². The lowest BCUT2D eigenvalue weighted by atomic mass is 10.3. The second-order valence-corrected chi connectivity index (χ2v) is 4.44. The van der Waals surface area contributed by atoms with Gasteiger partial charge in [-0.15, -0.1) is 0 Å². The summed E-state index contributed by atoms with van der Waals surface area (Å²) in [5, 5.41) is 3.12. The molecule has 0 saturated carbocycles. The maximum Gasteiger partial charge on any atom is 0.213 e. The average Bonchev–Trinajstić information content (AvgIpc) is 2.78. The van der Waals surface area contributed by atoms with Crippen LogP contribution in [-0.2, 0) is 6.54 Å². The molecule has 0 aliphatic rings. The second kappa shape index (κ2) is 3.61. The van der Waals surface area contributed by atoms with Crippen LogP contribution < -0.4 is 5.32 Å². The Morgan fingerprint density at radius 3 is 3.06 bits per heavy atom. The molecule has 0 atom stereocenters. The van der Waals surface area contributed by atoms with Gasteiger partial charge in [-0.05, 0) is 35.1 Å². The van der Waals surface area contributed by atoms with Gasteiger partial charge in [0.15, 0.2) is 0 Å². The number of imidazole rings is 2. The molecule has 2 aromatic heterocycles. The fourth-order valence-electron chi connectivity index (χ4n) is 1.92. The fourth-order valence-corrected chi connectivity index (χ4v) is 2.52. The largest absolute Gasteiger partial charge is 0.325 e. The monoisotopic (exact) mass is 278 g/mol. The van der Waals surface area contributed by atoms with E-state index in [1.165, 1.54) is 0 Å². The maximum atomic E-state index is 4.53. The van der Waals surface area contributed by atoms with Crippen molar-refractivity contribution in [2.45, 2.75) is 6.54 Å². The third-order valence-corrected chi connectivity index (χ3v) is 3.46. The van der Waals surface area contributed by atoms with Gasteiger partial charge >= 0.3 is 0 Å². The molecule has 82 valence electrons. The van der Waals surface area contributed by atoms with Crippen molar-refractivity contribution in [2.75, 3.05) is 7.05 Å². The molecule has 0 amide bonds. The lowest BCUT2D eigenvalue weighted by Gasteiger charge is -1.97. The van der Waals surface area contributed by atoms with E-state index in [9.17, 15) is 0 Å². The number of aromatic nitrogens is 3. The maximum absolute atomic E-state index is 4.53. The summed E-state index contributed by atoms with van der Waals surface area (Å²) < 4.78 is 3.12. The number of hydrogen-bond acceptors (Lipinski definition) is 2. The number of nitrogens with one attached hydrogen (secondary N) is 2. The summed E-state index contributed by atoms with van der Waals surface area (Å²) in [6.45, 7) is 0.790. The van der Waals surface area contributed by atoms with Gasteiger partial charge in [0.1, 0.15) is 4.60 Å². The Morgan fingerprint density at radius 2 is 2.25 bits per heavy atom. The van der Waals surface area contributed by atoms with Gasteiger partial charge in [0.2, 0.25) is 5.78 Å². The zero-order valence-corrected chi connectivity index (χ0v) is 10.4. The molecular formula is C11H11BrN4. The molecule has 0 radical (unpaired) electrons. The first-order chi connectivity index (χ1) is 7.81. The van der Waals surface area contributed by atoms with Gasteiger partial charge in [0, 0.05) is 6.54 Å². The highest BCUT2D eigenvalue weighted by molar-refractivity contribution is 9.10. The zero-order chi connectivity index (χ0) is 11.1. The van der Waals surface area contributed by atoms with E-state index in [-0.39, 0.29) is 0 Å². The Bertz CT molecular complexity index is 652. The number of H-pyrrole nitrogens is 1. The van der Waals surface area contributed by atoms with Crippen LogP contribution in [0.5, 0.6) is 0 Å². The van der Waals surface area contributed by atoms with E-state index in [1.807, 2.05) is 25.2 Å². The summed E-state index contributed by atoms with van der Waals surface area (Å²) in [7, 11) is 1.92. The lowest BCUT2D eigenvalue weighted by Crippen LogP contribution is -2.05. The molecule has 0 aliphatic heterocycles. The quantitative estimate of drug-likeness (QED) is 0.756. The van der Waals surface area contributed by atoms with Crippen LogP contribution in [0, 0.1) is 0 Å². The Labute approximate surface area is 101 Å². The summed E-state index contributed by atoms with van der Waals surface area (Å²) in [6.07, 6.45) is 0. The van der Waals surface area contributed by atoms with Crippen molar-refractivity contribution in [1.29, 1.82) is 0 Å². The van der Waals surface area contributed by atoms with E-state index in [4.69, 9.17) is 0 Å². The van der Waals surface area contributed by atoms with Gasteiger partial charge < -0.3 is 10.3 Å². The Hall–Kier alpha value is -1.33. The summed E-state index contributed by atoms with van der Waals surface area (Å²) in [4.78, 5) is 7.83. The number of hydrogen-bond donors (Lipinski definition) is 2. The number of rotatable bonds is 2. The van der Waals surface area contributed by atoms with Crippen LogP contribution in [0.1, 0.15) is 5.69 Å². The summed E-state index contributed by atoms with van der Waals surface area (Å²) in [5.74, 6) is 0.873. The van der Waals surface area contributed by atoms with Crippen LogP contribution in [0.4, 0.5) is 0 Å². The standard InChI is InChI=1S/C11H11BrN4/c1-13-6-8-10(12)16-9-5-3-2-4-7(9)14-11(16)15-8/h2-5,13H,6H2,1H3,(H,14,15). The first kappa shape index (κ1) is 9.86. The molecule has 0 aliphatic carbocycles. The number of para-hydroxylation sites is 2. The van der Waals surface area contributed by atoms with E-state index >= 15 is 0 Å². The highest BCUT2D eigenvalue weighted by atomic mass is 79.9. The summed E-state index contributed by atoms with van der Waals surface area (Å²) in [6, 6.07) is 8.10. The molecule has 1 aromatic carbocycles. The van der Waals surface area contributed by atoms with Gasteiger partial charge in [-0.1, -0.05) is 12.1 Å². The number of fused-ring (bicyclic) bond motifs is 3. The van der Waals surface area contributed by atoms with Gasteiger partial charge in [0.25, 0.3) is 0 Å². The molecule has 3 rings (SSSR count). The molecular weight excluding hydrogens is 268 g/mol. The van der Waals surface area contributed by atoms with Crippen LogP contribution >= 0.6 is 15.9 Å². The molecule has 5 heteroatoms. The average molecular weight is 279 g/mol. The zero-order valence-electron chi connectivity index (χ0n) is 8.79. The first-order valence-corrected chi connectivity index (χ1v) is 5.88. The number of nitrogens with zero attached hydrogens (tertiary/aromatic N) is 2. The minimum atomic E-state index is 0.790. The van der Waals surface area contributed by atoms with Crippen molar-refractivity contribution in [2.24, 2.45) is 0 Å². The van der Waals surface area contributed by atoms with Crippen LogP contribution in [-0.4, -0.2) is 21.4 Å². The lowest BCUT2D eigenvalue weighted by molar-refractivity contribution is 0.793. The molecule has 0 bridgehead atoms. The molecule has 0 saturated heterocycles. The number of benzene rings is 1. The van der Waals surface area contributed by atoms with E-state index in [0.29, 0.717) is 0 Å². The van der Waals surface area contributed by atoms with Gasteiger partial charge in [-0.2, -0.15) is 0 Å². The number of halogens is 1. The van der Waals surface area contributed by atoms with Gasteiger partial charge in [0.05, 0.1) is 16.7 Å². The molecule has 2 heterocycles. The van der Waals surface area contributed by atoms with Crippen LogP contribution in [0.3, 0.4) is 0 Å². The van der Waals surface area contributed by atoms with Crippen molar-refractivity contribution in [3.8, 4) is 0 Å². The van der Waals surface area contributed by atoms with Crippen molar-refractivity contribution in [3.05, 3.63) is 34.6 Å². The Morgan fingerprint density at radius 1 is 1.44 bits per heavy atom. The minimum absolute atomic E-state index is 0.790. The molecule has 0 fully saturated rings.